The molecule has 0 amide bonds. The number of hydrogen-bond donors (Lipinski definition) is 2. The Morgan fingerprint density at radius 3 is 1.55 bits per heavy atom. The molecule has 0 atom stereocenters. The second-order valence-electron chi connectivity index (χ2n) is 10.1. The van der Waals surface area contributed by atoms with E-state index in [9.17, 15) is 15.0 Å². The number of fused-ring (bicyclic) bond motifs is 7. The molecule has 4 aromatic carbocycles. The van der Waals surface area contributed by atoms with E-state index < -0.39 is 12.6 Å². The molecular formula is C34H38O10. The van der Waals surface area contributed by atoms with E-state index in [-0.39, 0.29) is 26.4 Å². The predicted octanol–water partition coefficient (Wildman–Crippen LogP) is 4.59. The fraction of sp³-hybridized carbons (Fsp3) is 0.382. The van der Waals surface area contributed by atoms with E-state index in [1.807, 2.05) is 60.7 Å². The average Bonchev–Trinajstić information content (AvgIpc) is 3.03. The molecule has 4 aromatic rings. The lowest BCUT2D eigenvalue weighted by molar-refractivity contribution is -0.142. The third-order valence-corrected chi connectivity index (χ3v) is 7.12. The first-order valence-corrected chi connectivity index (χ1v) is 14.7. The molecule has 1 heterocycles. The summed E-state index contributed by atoms with van der Waals surface area (Å²) in [6.07, 6.45) is 0. The zero-order valence-corrected chi connectivity index (χ0v) is 24.6. The average molecular weight is 607 g/mol. The molecule has 0 aliphatic carbocycles. The van der Waals surface area contributed by atoms with E-state index >= 15 is 0 Å². The maximum Gasteiger partial charge on any atom is 0.329 e. The fourth-order valence-electron chi connectivity index (χ4n) is 5.24. The summed E-state index contributed by atoms with van der Waals surface area (Å²) in [5.41, 5.74) is 2.81. The van der Waals surface area contributed by atoms with Crippen molar-refractivity contribution in [3.63, 3.8) is 0 Å². The Morgan fingerprint density at radius 1 is 0.636 bits per heavy atom. The minimum Gasteiger partial charge on any atom is -0.490 e. The maximum absolute atomic E-state index is 11.3. The maximum atomic E-state index is 11.3. The van der Waals surface area contributed by atoms with Gasteiger partial charge >= 0.3 is 5.97 Å². The van der Waals surface area contributed by atoms with E-state index in [0.717, 1.165) is 32.7 Å². The van der Waals surface area contributed by atoms with E-state index in [2.05, 4.69) is 0 Å². The molecule has 234 valence electrons. The highest BCUT2D eigenvalue weighted by Crippen LogP contribution is 2.48. The first-order valence-electron chi connectivity index (χ1n) is 14.7. The molecule has 10 nitrogen and oxygen atoms in total. The van der Waals surface area contributed by atoms with Crippen LogP contribution in [0.15, 0.2) is 60.7 Å². The zero-order chi connectivity index (χ0) is 30.6. The highest BCUT2D eigenvalue weighted by atomic mass is 16.6. The van der Waals surface area contributed by atoms with Gasteiger partial charge in [-0.1, -0.05) is 48.5 Å². The number of carboxylic acid groups (broad SMARTS) is 1. The molecule has 0 fully saturated rings. The normalized spacial score (nSPS) is 15.9. The highest BCUT2D eigenvalue weighted by molar-refractivity contribution is 6.10. The zero-order valence-electron chi connectivity index (χ0n) is 24.6. The third-order valence-electron chi connectivity index (χ3n) is 7.12. The van der Waals surface area contributed by atoms with Crippen LogP contribution in [0.4, 0.5) is 0 Å². The summed E-state index contributed by atoms with van der Waals surface area (Å²) in [6, 6.07) is 19.7. The second-order valence-corrected chi connectivity index (χ2v) is 10.1. The highest BCUT2D eigenvalue weighted by Gasteiger charge is 2.24. The molecule has 0 saturated carbocycles. The summed E-state index contributed by atoms with van der Waals surface area (Å²) < 4.78 is 41.1. The van der Waals surface area contributed by atoms with Crippen LogP contribution in [-0.2, 0) is 41.7 Å². The van der Waals surface area contributed by atoms with Crippen molar-refractivity contribution >= 4 is 27.5 Å². The fourth-order valence-corrected chi connectivity index (χ4v) is 5.24. The number of carboxylic acids is 1. The van der Waals surface area contributed by atoms with Gasteiger partial charge in [0.15, 0.2) is 0 Å². The van der Waals surface area contributed by atoms with E-state index in [4.69, 9.17) is 33.2 Å². The number of rotatable bonds is 5. The predicted molar refractivity (Wildman–Crippen MR) is 164 cm³/mol. The smallest absolute Gasteiger partial charge is 0.329 e. The van der Waals surface area contributed by atoms with Gasteiger partial charge in [0.05, 0.1) is 66.1 Å². The first kappa shape index (κ1) is 31.6. The van der Waals surface area contributed by atoms with E-state index in [0.29, 0.717) is 75.5 Å². The molecular weight excluding hydrogens is 568 g/mol. The Balaban J connectivity index is 1.68. The van der Waals surface area contributed by atoms with Crippen molar-refractivity contribution < 1.29 is 48.2 Å². The summed E-state index contributed by atoms with van der Waals surface area (Å²) in [5.74, 6) is -0.0100. The van der Waals surface area contributed by atoms with Gasteiger partial charge in [-0.2, -0.15) is 0 Å². The van der Waals surface area contributed by atoms with Crippen molar-refractivity contribution in [1.29, 1.82) is 0 Å². The van der Waals surface area contributed by atoms with Crippen molar-refractivity contribution in [2.24, 2.45) is 0 Å². The van der Waals surface area contributed by atoms with Gasteiger partial charge in [0, 0.05) is 22.3 Å². The van der Waals surface area contributed by atoms with Crippen LogP contribution in [0, 0.1) is 0 Å². The van der Waals surface area contributed by atoms with Crippen molar-refractivity contribution in [2.45, 2.75) is 13.2 Å². The van der Waals surface area contributed by atoms with Gasteiger partial charge in [-0.05, 0) is 33.7 Å². The van der Waals surface area contributed by atoms with Crippen LogP contribution in [0.2, 0.25) is 0 Å². The molecule has 1 aliphatic rings. The first-order chi connectivity index (χ1) is 21.7. The van der Waals surface area contributed by atoms with E-state index in [1.54, 1.807) is 0 Å². The van der Waals surface area contributed by atoms with Crippen LogP contribution in [0.3, 0.4) is 0 Å². The molecule has 0 radical (unpaired) electrons. The minimum absolute atomic E-state index is 0.0118. The molecule has 0 aromatic heterocycles. The minimum atomic E-state index is -1.06. The Kier molecular flexibility index (Phi) is 11.8. The van der Waals surface area contributed by atoms with Gasteiger partial charge in [-0.15, -0.1) is 0 Å². The van der Waals surface area contributed by atoms with Gasteiger partial charge < -0.3 is 43.4 Å². The molecule has 1 aliphatic heterocycles. The summed E-state index contributed by atoms with van der Waals surface area (Å²) >= 11 is 0. The number of hydrogen-bond acceptors (Lipinski definition) is 9. The lowest BCUT2D eigenvalue weighted by Crippen LogP contribution is -2.16. The topological polar surface area (TPSA) is 122 Å². The molecule has 0 saturated heterocycles. The molecule has 2 N–H and O–H groups in total. The van der Waals surface area contributed by atoms with Crippen LogP contribution in [0.25, 0.3) is 32.7 Å². The summed E-state index contributed by atoms with van der Waals surface area (Å²) in [5, 5.41) is 23.4. The van der Waals surface area contributed by atoms with E-state index in [1.165, 1.54) is 0 Å². The monoisotopic (exact) mass is 606 g/mol. The molecule has 0 spiro atoms. The number of ether oxygens (including phenoxy) is 7. The van der Waals surface area contributed by atoms with Crippen molar-refractivity contribution in [2.75, 3.05) is 72.7 Å². The summed E-state index contributed by atoms with van der Waals surface area (Å²) in [4.78, 5) is 11.3. The molecule has 5 rings (SSSR count). The quantitative estimate of drug-likeness (QED) is 0.334. The van der Waals surface area contributed by atoms with Crippen LogP contribution < -0.4 is 9.47 Å². The van der Waals surface area contributed by atoms with Crippen molar-refractivity contribution in [1.82, 2.24) is 0 Å². The summed E-state index contributed by atoms with van der Waals surface area (Å²) in [6.45, 7) is 2.99. The Hall–Kier alpha value is -3.77. The van der Waals surface area contributed by atoms with Gasteiger partial charge in [0.2, 0.25) is 0 Å². The number of aliphatic hydroxyl groups excluding tert-OH is 1. The Labute approximate surface area is 255 Å². The van der Waals surface area contributed by atoms with Crippen LogP contribution in [-0.4, -0.2) is 88.9 Å². The van der Waals surface area contributed by atoms with Gasteiger partial charge in [-0.3, -0.25) is 0 Å². The Bertz CT molecular complexity index is 1540. The van der Waals surface area contributed by atoms with Crippen LogP contribution in [0.5, 0.6) is 11.5 Å². The lowest BCUT2D eigenvalue weighted by atomic mass is 9.89. The molecule has 0 bridgehead atoms. The molecule has 10 heteroatoms. The van der Waals surface area contributed by atoms with Gasteiger partial charge in [0.25, 0.3) is 0 Å². The SMILES string of the molecule is O=C(O)COCc1cc2ccccc2c2c1OCCOCCOCCOCCOCCOc1c(CO)cc3ccccc3c1-2. The number of aliphatic hydroxyl groups is 1. The Morgan fingerprint density at radius 2 is 1.07 bits per heavy atom. The second kappa shape index (κ2) is 16.3. The number of benzene rings is 4. The van der Waals surface area contributed by atoms with Crippen molar-refractivity contribution in [3.8, 4) is 22.6 Å². The lowest BCUT2D eigenvalue weighted by Gasteiger charge is -2.24. The van der Waals surface area contributed by atoms with Crippen LogP contribution >= 0.6 is 0 Å². The van der Waals surface area contributed by atoms with Gasteiger partial charge in [-0.25, -0.2) is 4.79 Å². The molecule has 44 heavy (non-hydrogen) atoms. The van der Waals surface area contributed by atoms with Crippen molar-refractivity contribution in [3.05, 3.63) is 71.8 Å². The van der Waals surface area contributed by atoms with Crippen LogP contribution in [0.1, 0.15) is 11.1 Å². The standard InChI is InChI=1S/C34H38O10/c35-21-26-19-24-5-1-3-7-28(24)31-32-29-8-4-2-6-25(29)20-27(22-42-23-30(36)37)34(32)44-18-16-41-14-12-39-10-9-38-11-13-40-15-17-43-33(26)31/h1-8,19-20,35H,9-18,21-23H2,(H,36,37). The number of carbonyl (C=O) groups is 1. The molecule has 0 unspecified atom stereocenters. The van der Waals surface area contributed by atoms with Gasteiger partial charge in [0.1, 0.15) is 31.3 Å². The number of aliphatic carboxylic acids is 1. The summed E-state index contributed by atoms with van der Waals surface area (Å²) in [7, 11) is 0. The third kappa shape index (κ3) is 8.03. The largest absolute Gasteiger partial charge is 0.490 e.